The van der Waals surface area contributed by atoms with E-state index >= 15 is 0 Å². The van der Waals surface area contributed by atoms with Gasteiger partial charge < -0.3 is 5.32 Å². The summed E-state index contributed by atoms with van der Waals surface area (Å²) in [5, 5.41) is 5.94. The molecule has 5 heteroatoms. The molecule has 2 heterocycles. The summed E-state index contributed by atoms with van der Waals surface area (Å²) in [6.45, 7) is 5.53. The van der Waals surface area contributed by atoms with Gasteiger partial charge in [-0.15, -0.1) is 11.3 Å². The molecule has 1 saturated carbocycles. The van der Waals surface area contributed by atoms with E-state index in [0.29, 0.717) is 11.7 Å². The van der Waals surface area contributed by atoms with Crippen molar-refractivity contribution in [3.63, 3.8) is 0 Å². The maximum Gasteiger partial charge on any atom is 0.270 e. The molecule has 104 valence electrons. The average molecular weight is 279 g/mol. The van der Waals surface area contributed by atoms with Gasteiger partial charge in [0.25, 0.3) is 5.91 Å². The number of piperidine rings is 1. The van der Waals surface area contributed by atoms with Crippen LogP contribution >= 0.6 is 11.3 Å². The van der Waals surface area contributed by atoms with Crippen molar-refractivity contribution in [2.45, 2.75) is 45.2 Å². The van der Waals surface area contributed by atoms with Crippen molar-refractivity contribution in [2.75, 3.05) is 13.1 Å². The summed E-state index contributed by atoms with van der Waals surface area (Å²) in [5.41, 5.74) is 0.595. The summed E-state index contributed by atoms with van der Waals surface area (Å²) in [6.07, 6.45) is 4.80. The number of nitrogens with zero attached hydrogens (tertiary/aromatic N) is 2. The second-order valence-corrected chi connectivity index (χ2v) is 6.78. The number of carbonyl (C=O) groups is 1. The first kappa shape index (κ1) is 13.1. The summed E-state index contributed by atoms with van der Waals surface area (Å²) >= 11 is 1.61. The summed E-state index contributed by atoms with van der Waals surface area (Å²) in [5.74, 6) is 0.852. The molecule has 0 bridgehead atoms. The van der Waals surface area contributed by atoms with E-state index in [1.54, 1.807) is 11.3 Å². The molecular formula is C14H21N3OS. The Morgan fingerprint density at radius 3 is 2.84 bits per heavy atom. The fraction of sp³-hybridized carbons (Fsp3) is 0.714. The maximum atomic E-state index is 11.9. The highest BCUT2D eigenvalue weighted by molar-refractivity contribution is 7.09. The lowest BCUT2D eigenvalue weighted by Gasteiger charge is -2.29. The lowest BCUT2D eigenvalue weighted by Crippen LogP contribution is -2.32. The van der Waals surface area contributed by atoms with Gasteiger partial charge in [0.15, 0.2) is 0 Å². The van der Waals surface area contributed by atoms with Crippen molar-refractivity contribution in [1.29, 1.82) is 0 Å². The zero-order chi connectivity index (χ0) is 13.2. The third-order valence-electron chi connectivity index (χ3n) is 3.93. The predicted molar refractivity (Wildman–Crippen MR) is 76.3 cm³/mol. The first-order valence-corrected chi connectivity index (χ1v) is 8.06. The highest BCUT2D eigenvalue weighted by Crippen LogP contribution is 2.21. The van der Waals surface area contributed by atoms with Crippen LogP contribution in [0.1, 0.15) is 48.1 Å². The monoisotopic (exact) mass is 279 g/mol. The number of carbonyl (C=O) groups excluding carboxylic acids is 1. The molecule has 1 aromatic rings. The molecule has 2 aliphatic rings. The number of nitrogens with one attached hydrogen (secondary N) is 1. The van der Waals surface area contributed by atoms with Crippen LogP contribution in [0.15, 0.2) is 5.38 Å². The van der Waals surface area contributed by atoms with Crippen LogP contribution in [-0.4, -0.2) is 34.9 Å². The fourth-order valence-corrected chi connectivity index (χ4v) is 3.20. The van der Waals surface area contributed by atoms with Crippen molar-refractivity contribution in [2.24, 2.45) is 5.92 Å². The Morgan fingerprint density at radius 2 is 2.16 bits per heavy atom. The number of likely N-dealkylation sites (tertiary alicyclic amines) is 1. The second kappa shape index (κ2) is 5.59. The SMILES string of the molecule is CC1CCN(Cc2nc(C(=O)NC3CC3)cs2)CC1. The average Bonchev–Trinajstić information content (AvgIpc) is 3.08. The van der Waals surface area contributed by atoms with Crippen molar-refractivity contribution < 1.29 is 4.79 Å². The Bertz CT molecular complexity index is 447. The van der Waals surface area contributed by atoms with Gasteiger partial charge in [0.05, 0.1) is 6.54 Å². The van der Waals surface area contributed by atoms with Crippen LogP contribution in [-0.2, 0) is 6.54 Å². The molecule has 19 heavy (non-hydrogen) atoms. The van der Waals surface area contributed by atoms with E-state index in [4.69, 9.17) is 0 Å². The summed E-state index contributed by atoms with van der Waals surface area (Å²) < 4.78 is 0. The first-order chi connectivity index (χ1) is 9.20. The van der Waals surface area contributed by atoms with Gasteiger partial charge in [0.2, 0.25) is 0 Å². The van der Waals surface area contributed by atoms with E-state index in [2.05, 4.69) is 22.1 Å². The molecule has 1 aliphatic heterocycles. The van der Waals surface area contributed by atoms with Gasteiger partial charge in [-0.05, 0) is 44.7 Å². The molecule has 1 aromatic heterocycles. The molecule has 2 fully saturated rings. The van der Waals surface area contributed by atoms with Crippen LogP contribution < -0.4 is 5.32 Å². The van der Waals surface area contributed by atoms with Gasteiger partial charge in [-0.3, -0.25) is 9.69 Å². The van der Waals surface area contributed by atoms with E-state index in [1.165, 1.54) is 12.8 Å². The zero-order valence-electron chi connectivity index (χ0n) is 11.4. The summed E-state index contributed by atoms with van der Waals surface area (Å²) in [7, 11) is 0. The number of rotatable bonds is 4. The lowest BCUT2D eigenvalue weighted by molar-refractivity contribution is 0.0946. The standard InChI is InChI=1S/C14H21N3OS/c1-10-4-6-17(7-5-10)8-13-16-12(9-19-13)14(18)15-11-2-3-11/h9-11H,2-8H2,1H3,(H,15,18). The molecule has 0 atom stereocenters. The quantitative estimate of drug-likeness (QED) is 0.919. The number of aromatic nitrogens is 1. The summed E-state index contributed by atoms with van der Waals surface area (Å²) in [4.78, 5) is 18.8. The van der Waals surface area contributed by atoms with Crippen LogP contribution in [0.3, 0.4) is 0 Å². The normalized spacial score (nSPS) is 21.5. The Hall–Kier alpha value is -0.940. The molecule has 3 rings (SSSR count). The fourth-order valence-electron chi connectivity index (χ4n) is 2.39. The lowest BCUT2D eigenvalue weighted by atomic mass is 9.99. The predicted octanol–water partition coefficient (Wildman–Crippen LogP) is 2.27. The molecule has 0 unspecified atom stereocenters. The van der Waals surface area contributed by atoms with Crippen molar-refractivity contribution in [1.82, 2.24) is 15.2 Å². The topological polar surface area (TPSA) is 45.2 Å². The minimum atomic E-state index is -0.00253. The number of hydrogen-bond acceptors (Lipinski definition) is 4. The minimum absolute atomic E-state index is 0.00253. The highest BCUT2D eigenvalue weighted by atomic mass is 32.1. The van der Waals surface area contributed by atoms with Crippen molar-refractivity contribution >= 4 is 17.2 Å². The third kappa shape index (κ3) is 3.54. The summed E-state index contributed by atoms with van der Waals surface area (Å²) in [6, 6.07) is 0.404. The van der Waals surface area contributed by atoms with Gasteiger partial charge >= 0.3 is 0 Å². The number of hydrogen-bond donors (Lipinski definition) is 1. The molecule has 0 radical (unpaired) electrons. The van der Waals surface area contributed by atoms with Crippen LogP contribution in [0.5, 0.6) is 0 Å². The van der Waals surface area contributed by atoms with Crippen LogP contribution in [0.25, 0.3) is 0 Å². The molecule has 0 aromatic carbocycles. The van der Waals surface area contributed by atoms with Crippen LogP contribution in [0, 0.1) is 5.92 Å². The third-order valence-corrected chi connectivity index (χ3v) is 4.77. The van der Waals surface area contributed by atoms with Crippen molar-refractivity contribution in [3.8, 4) is 0 Å². The number of amides is 1. The van der Waals surface area contributed by atoms with Gasteiger partial charge in [-0.25, -0.2) is 4.98 Å². The molecule has 1 amide bonds. The molecule has 4 nitrogen and oxygen atoms in total. The van der Waals surface area contributed by atoms with E-state index in [-0.39, 0.29) is 5.91 Å². The highest BCUT2D eigenvalue weighted by Gasteiger charge is 2.25. The molecule has 1 N–H and O–H groups in total. The second-order valence-electron chi connectivity index (χ2n) is 5.83. The Labute approximate surface area is 118 Å². The largest absolute Gasteiger partial charge is 0.348 e. The Morgan fingerprint density at radius 1 is 1.42 bits per heavy atom. The molecule has 0 spiro atoms. The Balaban J connectivity index is 1.53. The van der Waals surface area contributed by atoms with E-state index in [1.807, 2.05) is 5.38 Å². The first-order valence-electron chi connectivity index (χ1n) is 7.18. The van der Waals surface area contributed by atoms with Crippen molar-refractivity contribution in [3.05, 3.63) is 16.1 Å². The zero-order valence-corrected chi connectivity index (χ0v) is 12.2. The van der Waals surface area contributed by atoms with E-state index in [0.717, 1.165) is 43.4 Å². The van der Waals surface area contributed by atoms with Gasteiger partial charge in [-0.1, -0.05) is 6.92 Å². The van der Waals surface area contributed by atoms with Gasteiger partial charge in [0.1, 0.15) is 10.7 Å². The molecular weight excluding hydrogens is 258 g/mol. The minimum Gasteiger partial charge on any atom is -0.348 e. The number of thiazole rings is 1. The van der Waals surface area contributed by atoms with E-state index in [9.17, 15) is 4.79 Å². The van der Waals surface area contributed by atoms with Crippen LogP contribution in [0.4, 0.5) is 0 Å². The van der Waals surface area contributed by atoms with Gasteiger partial charge in [-0.2, -0.15) is 0 Å². The maximum absolute atomic E-state index is 11.9. The van der Waals surface area contributed by atoms with E-state index < -0.39 is 0 Å². The Kier molecular flexibility index (Phi) is 3.84. The van der Waals surface area contributed by atoms with Gasteiger partial charge in [0, 0.05) is 11.4 Å². The van der Waals surface area contributed by atoms with Crippen LogP contribution in [0.2, 0.25) is 0 Å². The smallest absolute Gasteiger partial charge is 0.270 e. The molecule has 1 saturated heterocycles. The molecule has 1 aliphatic carbocycles.